The zero-order valence-corrected chi connectivity index (χ0v) is 23.8. The summed E-state index contributed by atoms with van der Waals surface area (Å²) in [5, 5.41) is 9.71. The molecule has 3 atom stereocenters. The predicted molar refractivity (Wildman–Crippen MR) is 154 cm³/mol. The van der Waals surface area contributed by atoms with E-state index in [1.165, 1.54) is 12.1 Å². The van der Waals surface area contributed by atoms with E-state index >= 15 is 0 Å². The van der Waals surface area contributed by atoms with Gasteiger partial charge in [-0.25, -0.2) is 27.2 Å². The van der Waals surface area contributed by atoms with Crippen LogP contribution >= 0.6 is 0 Å². The number of nitrogens with one attached hydrogen (secondary N) is 4. The molecule has 0 aliphatic carbocycles. The Hall–Kier alpha value is -3.94. The van der Waals surface area contributed by atoms with Crippen LogP contribution in [0.5, 0.6) is 0 Å². The number of H-pyrrole nitrogens is 1. The van der Waals surface area contributed by atoms with Gasteiger partial charge in [-0.3, -0.25) is 9.69 Å². The molecule has 4 aromatic rings. The van der Waals surface area contributed by atoms with E-state index < -0.39 is 26.4 Å². The number of fused-ring (bicyclic) bond motifs is 1. The number of para-hydroxylation sites is 1. The number of piperazine rings is 1. The Balaban J connectivity index is 1.42. The summed E-state index contributed by atoms with van der Waals surface area (Å²) in [6.45, 7) is 7.55. The van der Waals surface area contributed by atoms with Crippen molar-refractivity contribution in [2.75, 3.05) is 30.0 Å². The normalized spacial score (nSPS) is 18.8. The number of hydrogen-bond acceptors (Lipinski definition) is 8. The van der Waals surface area contributed by atoms with Crippen LogP contribution in [0.3, 0.4) is 0 Å². The van der Waals surface area contributed by atoms with Crippen molar-refractivity contribution in [1.82, 2.24) is 25.2 Å². The number of anilines is 3. The third-order valence-electron chi connectivity index (χ3n) is 7.09. The molecule has 3 heterocycles. The Morgan fingerprint density at radius 1 is 1.10 bits per heavy atom. The molecule has 2 aromatic carbocycles. The van der Waals surface area contributed by atoms with Gasteiger partial charge in [0.15, 0.2) is 21.5 Å². The van der Waals surface area contributed by atoms with E-state index in [-0.39, 0.29) is 41.4 Å². The average Bonchev–Trinajstić information content (AvgIpc) is 3.34. The highest BCUT2D eigenvalue weighted by atomic mass is 32.2. The van der Waals surface area contributed by atoms with Crippen LogP contribution < -0.4 is 16.0 Å². The number of aromatic amines is 1. The summed E-state index contributed by atoms with van der Waals surface area (Å²) < 4.78 is 53.6. The van der Waals surface area contributed by atoms with Crippen LogP contribution in [-0.4, -0.2) is 71.6 Å². The van der Waals surface area contributed by atoms with E-state index in [2.05, 4.69) is 49.6 Å². The number of halogens is 2. The van der Waals surface area contributed by atoms with Crippen molar-refractivity contribution < 1.29 is 22.0 Å². The second kappa shape index (κ2) is 11.1. The number of sulfone groups is 1. The minimum absolute atomic E-state index is 0.0611. The van der Waals surface area contributed by atoms with Gasteiger partial charge in [-0.2, -0.15) is 0 Å². The SMILES string of the molecule is C[C@H]1CN([C@@H](C)C(=O)Nc2cccc3c(-c4nc(Nc5cccc(S(C)(=O)=O)c5F)ncc4F)c[nH]c23)C[C@H](C)N1. The number of rotatable bonds is 7. The Labute approximate surface area is 236 Å². The van der Waals surface area contributed by atoms with Crippen LogP contribution in [0.4, 0.5) is 26.1 Å². The number of aromatic nitrogens is 3. The molecule has 0 saturated carbocycles. The van der Waals surface area contributed by atoms with Gasteiger partial charge in [0.25, 0.3) is 0 Å². The van der Waals surface area contributed by atoms with E-state index in [0.29, 0.717) is 22.2 Å². The highest BCUT2D eigenvalue weighted by Crippen LogP contribution is 2.34. The van der Waals surface area contributed by atoms with Gasteiger partial charge in [0.05, 0.1) is 29.1 Å². The molecule has 216 valence electrons. The van der Waals surface area contributed by atoms with Crippen molar-refractivity contribution in [3.63, 3.8) is 0 Å². The van der Waals surface area contributed by atoms with Gasteiger partial charge in [0.1, 0.15) is 10.6 Å². The lowest BCUT2D eigenvalue weighted by Crippen LogP contribution is -2.58. The molecule has 13 heteroatoms. The molecule has 41 heavy (non-hydrogen) atoms. The predicted octanol–water partition coefficient (Wildman–Crippen LogP) is 4.06. The molecule has 0 bridgehead atoms. The third-order valence-corrected chi connectivity index (χ3v) is 8.21. The monoisotopic (exact) mass is 583 g/mol. The van der Waals surface area contributed by atoms with Crippen molar-refractivity contribution in [1.29, 1.82) is 0 Å². The number of carbonyl (C=O) groups is 1. The van der Waals surface area contributed by atoms with Gasteiger partial charge in [-0.1, -0.05) is 18.2 Å². The molecule has 1 saturated heterocycles. The number of hydrogen-bond donors (Lipinski definition) is 4. The number of carbonyl (C=O) groups excluding carboxylic acids is 1. The maximum absolute atomic E-state index is 15.0. The molecule has 1 aliphatic heterocycles. The summed E-state index contributed by atoms with van der Waals surface area (Å²) >= 11 is 0. The minimum Gasteiger partial charge on any atom is -0.359 e. The lowest BCUT2D eigenvalue weighted by atomic mass is 10.1. The topological polar surface area (TPSA) is 132 Å². The molecule has 10 nitrogen and oxygen atoms in total. The maximum atomic E-state index is 15.0. The van der Waals surface area contributed by atoms with Crippen LogP contribution in [0, 0.1) is 11.6 Å². The second-order valence-corrected chi connectivity index (χ2v) is 12.4. The molecule has 1 amide bonds. The fourth-order valence-corrected chi connectivity index (χ4v) is 5.93. The van der Waals surface area contributed by atoms with Gasteiger partial charge >= 0.3 is 0 Å². The minimum atomic E-state index is -3.81. The molecular weight excluding hydrogens is 552 g/mol. The average molecular weight is 584 g/mol. The molecule has 2 aromatic heterocycles. The van der Waals surface area contributed by atoms with Gasteiger partial charge in [-0.15, -0.1) is 0 Å². The molecule has 0 spiro atoms. The lowest BCUT2D eigenvalue weighted by molar-refractivity contribution is -0.121. The molecule has 0 unspecified atom stereocenters. The molecule has 1 aliphatic rings. The van der Waals surface area contributed by atoms with Crippen LogP contribution in [0.15, 0.2) is 53.7 Å². The van der Waals surface area contributed by atoms with Crippen molar-refractivity contribution in [3.05, 3.63) is 60.4 Å². The van der Waals surface area contributed by atoms with Crippen molar-refractivity contribution in [2.24, 2.45) is 0 Å². The summed E-state index contributed by atoms with van der Waals surface area (Å²) in [7, 11) is -3.81. The molecular formula is C28H31F2N7O3S. The van der Waals surface area contributed by atoms with E-state index in [1.807, 2.05) is 6.92 Å². The summed E-state index contributed by atoms with van der Waals surface area (Å²) in [6.07, 6.45) is 3.43. The standard InChI is InChI=1S/C28H31F2N7O3S/c1-15-13-37(14-16(2)33-15)17(3)27(38)34-22-9-5-7-18-19(11-31-26(18)22)25-20(29)12-32-28(36-25)35-21-8-6-10-23(24(21)30)41(4,39)40/h5-12,15-17,31,33H,13-14H2,1-4H3,(H,34,38)(H,32,35,36)/t15-,16-,17-/m0/s1. The Bertz CT molecular complexity index is 1720. The Kier molecular flexibility index (Phi) is 7.77. The van der Waals surface area contributed by atoms with Crippen molar-refractivity contribution in [3.8, 4) is 11.3 Å². The highest BCUT2D eigenvalue weighted by molar-refractivity contribution is 7.90. The lowest BCUT2D eigenvalue weighted by Gasteiger charge is -2.39. The Morgan fingerprint density at radius 2 is 1.78 bits per heavy atom. The quantitative estimate of drug-likeness (QED) is 0.256. The van der Waals surface area contributed by atoms with Crippen LogP contribution in [0.1, 0.15) is 20.8 Å². The van der Waals surface area contributed by atoms with Crippen LogP contribution in [0.25, 0.3) is 22.2 Å². The smallest absolute Gasteiger partial charge is 0.241 e. The highest BCUT2D eigenvalue weighted by Gasteiger charge is 2.29. The van der Waals surface area contributed by atoms with Crippen LogP contribution in [-0.2, 0) is 14.6 Å². The fourth-order valence-electron chi connectivity index (χ4n) is 5.17. The fraction of sp³-hybridized carbons (Fsp3) is 0.321. The van der Waals surface area contributed by atoms with E-state index in [0.717, 1.165) is 31.6 Å². The number of amides is 1. The van der Waals surface area contributed by atoms with Crippen molar-refractivity contribution in [2.45, 2.75) is 43.8 Å². The largest absolute Gasteiger partial charge is 0.359 e. The zero-order valence-electron chi connectivity index (χ0n) is 23.0. The number of benzene rings is 2. The molecule has 1 fully saturated rings. The van der Waals surface area contributed by atoms with Gasteiger partial charge < -0.3 is 20.9 Å². The summed E-state index contributed by atoms with van der Waals surface area (Å²) in [5.41, 5.74) is 1.30. The van der Waals surface area contributed by atoms with Crippen LogP contribution in [0.2, 0.25) is 0 Å². The first-order chi connectivity index (χ1) is 19.4. The van der Waals surface area contributed by atoms with Gasteiger partial charge in [0, 0.05) is 48.6 Å². The first-order valence-corrected chi connectivity index (χ1v) is 15.0. The first kappa shape index (κ1) is 28.6. The number of nitrogens with zero attached hydrogens (tertiary/aromatic N) is 3. The summed E-state index contributed by atoms with van der Waals surface area (Å²) in [4.78, 5) is 26.1. The van der Waals surface area contributed by atoms with E-state index in [1.54, 1.807) is 24.4 Å². The molecule has 4 N–H and O–H groups in total. The van der Waals surface area contributed by atoms with E-state index in [4.69, 9.17) is 0 Å². The summed E-state index contributed by atoms with van der Waals surface area (Å²) in [6, 6.07) is 9.32. The maximum Gasteiger partial charge on any atom is 0.241 e. The molecule has 5 rings (SSSR count). The Morgan fingerprint density at radius 3 is 2.49 bits per heavy atom. The third kappa shape index (κ3) is 5.92. The van der Waals surface area contributed by atoms with Crippen molar-refractivity contribution >= 4 is 44.0 Å². The van der Waals surface area contributed by atoms with Gasteiger partial charge in [-0.05, 0) is 39.0 Å². The van der Waals surface area contributed by atoms with Gasteiger partial charge in [0.2, 0.25) is 11.9 Å². The first-order valence-electron chi connectivity index (χ1n) is 13.1. The summed E-state index contributed by atoms with van der Waals surface area (Å²) in [5.74, 6) is -1.99. The second-order valence-electron chi connectivity index (χ2n) is 10.4. The zero-order chi connectivity index (χ0) is 29.5. The van der Waals surface area contributed by atoms with E-state index in [9.17, 15) is 22.0 Å². The molecule has 0 radical (unpaired) electrons.